The first-order valence-corrected chi connectivity index (χ1v) is 14.8. The van der Waals surface area contributed by atoms with E-state index >= 15 is 4.39 Å². The van der Waals surface area contributed by atoms with E-state index in [4.69, 9.17) is 15.7 Å². The summed E-state index contributed by atoms with van der Waals surface area (Å²) in [7, 11) is 0. The monoisotopic (exact) mass is 577 g/mol. The number of aromatic nitrogens is 2. The van der Waals surface area contributed by atoms with E-state index in [-0.39, 0.29) is 11.9 Å². The first kappa shape index (κ1) is 27.5. The number of hydrogen-bond donors (Lipinski definition) is 1. The van der Waals surface area contributed by atoms with Crippen LogP contribution in [0.3, 0.4) is 0 Å². The van der Waals surface area contributed by atoms with Gasteiger partial charge in [-0.15, -0.1) is 0 Å². The summed E-state index contributed by atoms with van der Waals surface area (Å²) in [6.07, 6.45) is 3.35. The van der Waals surface area contributed by atoms with Gasteiger partial charge < -0.3 is 15.2 Å². The molecule has 0 fully saturated rings. The van der Waals surface area contributed by atoms with Gasteiger partial charge in [0.05, 0.1) is 23.8 Å². The highest BCUT2D eigenvalue weighted by Crippen LogP contribution is 2.43. The number of fused-ring (bicyclic) bond motifs is 1. The molecule has 1 aliphatic rings. The fourth-order valence-corrected chi connectivity index (χ4v) is 6.39. The average molecular weight is 578 g/mol. The van der Waals surface area contributed by atoms with Gasteiger partial charge in [-0.05, 0) is 41.8 Å². The average Bonchev–Trinajstić information content (AvgIpc) is 3.52. The van der Waals surface area contributed by atoms with Gasteiger partial charge in [0, 0.05) is 17.3 Å². The lowest BCUT2D eigenvalue weighted by atomic mass is 9.77. The zero-order chi connectivity index (χ0) is 30.1. The summed E-state index contributed by atoms with van der Waals surface area (Å²) in [4.78, 5) is 12.0. The molecule has 6 aromatic rings. The number of hydrogen-bond acceptors (Lipinski definition) is 4. The van der Waals surface area contributed by atoms with E-state index in [0.717, 1.165) is 33.8 Å². The SMILES string of the molecule is CC1[C@H](N)N=C(c2ccccc2F)c2ccccc2N1c1cn(C(c2ccccc2)(c2ccccc2)c2ccccc2)cn1. The van der Waals surface area contributed by atoms with Crippen molar-refractivity contribution >= 4 is 17.2 Å². The quantitative estimate of drug-likeness (QED) is 0.208. The van der Waals surface area contributed by atoms with Crippen molar-refractivity contribution in [3.05, 3.63) is 186 Å². The maximum atomic E-state index is 15.1. The van der Waals surface area contributed by atoms with Crippen molar-refractivity contribution in [3.63, 3.8) is 0 Å². The number of imidazole rings is 1. The Morgan fingerprint density at radius 3 is 1.73 bits per heavy atom. The van der Waals surface area contributed by atoms with Crippen LogP contribution in [-0.2, 0) is 5.54 Å². The molecule has 5 aromatic carbocycles. The lowest BCUT2D eigenvalue weighted by Crippen LogP contribution is -2.42. The second kappa shape index (κ2) is 11.4. The van der Waals surface area contributed by atoms with Crippen molar-refractivity contribution in [2.45, 2.75) is 24.7 Å². The van der Waals surface area contributed by atoms with Crippen molar-refractivity contribution in [1.82, 2.24) is 9.55 Å². The number of nitrogens with two attached hydrogens (primary N) is 1. The Morgan fingerprint density at radius 2 is 1.16 bits per heavy atom. The van der Waals surface area contributed by atoms with Crippen LogP contribution in [0.25, 0.3) is 0 Å². The van der Waals surface area contributed by atoms with E-state index in [1.165, 1.54) is 6.07 Å². The van der Waals surface area contributed by atoms with Crippen LogP contribution in [0.15, 0.2) is 157 Å². The summed E-state index contributed by atoms with van der Waals surface area (Å²) in [5.41, 5.74) is 12.0. The van der Waals surface area contributed by atoms with E-state index in [0.29, 0.717) is 11.3 Å². The largest absolute Gasteiger partial charge is 0.318 e. The predicted octanol–water partition coefficient (Wildman–Crippen LogP) is 7.52. The van der Waals surface area contributed by atoms with Crippen molar-refractivity contribution in [3.8, 4) is 0 Å². The van der Waals surface area contributed by atoms with Gasteiger partial charge >= 0.3 is 0 Å². The number of nitrogens with zero attached hydrogens (tertiary/aromatic N) is 4. The number of benzene rings is 5. The molecule has 0 saturated carbocycles. The zero-order valence-corrected chi connectivity index (χ0v) is 24.3. The molecule has 5 nitrogen and oxygen atoms in total. The summed E-state index contributed by atoms with van der Waals surface area (Å²) in [5.74, 6) is 0.384. The number of benzodiazepines with no additional fused rings is 1. The molecule has 0 spiro atoms. The maximum Gasteiger partial charge on any atom is 0.151 e. The predicted molar refractivity (Wildman–Crippen MR) is 175 cm³/mol. The van der Waals surface area contributed by atoms with Gasteiger partial charge in [-0.2, -0.15) is 0 Å². The van der Waals surface area contributed by atoms with Crippen LogP contribution in [0.1, 0.15) is 34.7 Å². The molecule has 0 saturated heterocycles. The summed E-state index contributed by atoms with van der Waals surface area (Å²) in [6, 6.07) is 45.8. The molecular weight excluding hydrogens is 545 g/mol. The van der Waals surface area contributed by atoms with E-state index in [1.54, 1.807) is 12.1 Å². The summed E-state index contributed by atoms with van der Waals surface area (Å²) < 4.78 is 17.3. The second-order valence-corrected chi connectivity index (χ2v) is 11.0. The lowest BCUT2D eigenvalue weighted by Gasteiger charge is -2.37. The third kappa shape index (κ3) is 4.51. The molecule has 2 N–H and O–H groups in total. The first-order chi connectivity index (χ1) is 21.6. The molecule has 1 unspecified atom stereocenters. The molecule has 44 heavy (non-hydrogen) atoms. The topological polar surface area (TPSA) is 59.4 Å². The Bertz CT molecular complexity index is 1820. The fourth-order valence-electron chi connectivity index (χ4n) is 6.39. The Kier molecular flexibility index (Phi) is 7.12. The Hall–Kier alpha value is -5.33. The number of anilines is 2. The van der Waals surface area contributed by atoms with Crippen LogP contribution >= 0.6 is 0 Å². The summed E-state index contributed by atoms with van der Waals surface area (Å²) in [5, 5.41) is 0. The highest BCUT2D eigenvalue weighted by atomic mass is 19.1. The molecule has 0 radical (unpaired) electrons. The fraction of sp³-hybridized carbons (Fsp3) is 0.105. The standard InChI is InChI=1S/C38H32FN5/c1-27-37(40)42-36(31-21-11-13-23-33(31)39)32-22-12-14-24-34(32)44(27)35-25-43(26-41-35)38(28-15-5-2-6-16-28,29-17-7-3-8-18-29)30-19-9-4-10-20-30/h2-27,37H,40H2,1H3/t27?,37-/m1/s1. The highest BCUT2D eigenvalue weighted by molar-refractivity contribution is 6.17. The Balaban J connectivity index is 1.44. The molecule has 7 rings (SSSR count). The van der Waals surface area contributed by atoms with Crippen LogP contribution < -0.4 is 10.6 Å². The zero-order valence-electron chi connectivity index (χ0n) is 24.3. The van der Waals surface area contributed by atoms with Gasteiger partial charge in [-0.25, -0.2) is 9.37 Å². The number of para-hydroxylation sites is 1. The Morgan fingerprint density at radius 1 is 0.659 bits per heavy atom. The van der Waals surface area contributed by atoms with E-state index in [9.17, 15) is 0 Å². The number of rotatable bonds is 6. The van der Waals surface area contributed by atoms with Crippen LogP contribution in [0.4, 0.5) is 15.9 Å². The summed E-state index contributed by atoms with van der Waals surface area (Å²) >= 11 is 0. The third-order valence-corrected chi connectivity index (χ3v) is 8.51. The van der Waals surface area contributed by atoms with Crippen LogP contribution in [-0.4, -0.2) is 27.5 Å². The van der Waals surface area contributed by atoms with Gasteiger partial charge in [-0.1, -0.05) is 121 Å². The van der Waals surface area contributed by atoms with Crippen molar-refractivity contribution in [2.75, 3.05) is 4.90 Å². The normalized spacial score (nSPS) is 16.6. The van der Waals surface area contributed by atoms with Crippen LogP contribution in [0.2, 0.25) is 0 Å². The minimum atomic E-state index is -0.708. The van der Waals surface area contributed by atoms with Crippen LogP contribution in [0.5, 0.6) is 0 Å². The van der Waals surface area contributed by atoms with Crippen molar-refractivity contribution in [1.29, 1.82) is 0 Å². The van der Waals surface area contributed by atoms with E-state index in [2.05, 4.69) is 88.5 Å². The number of halogens is 1. The van der Waals surface area contributed by atoms with E-state index < -0.39 is 11.7 Å². The molecular formula is C38H32FN5. The molecule has 2 heterocycles. The smallest absolute Gasteiger partial charge is 0.151 e. The van der Waals surface area contributed by atoms with Gasteiger partial charge in [0.15, 0.2) is 5.82 Å². The van der Waals surface area contributed by atoms with Crippen molar-refractivity contribution < 1.29 is 4.39 Å². The molecule has 6 heteroatoms. The molecule has 2 atom stereocenters. The first-order valence-electron chi connectivity index (χ1n) is 14.8. The van der Waals surface area contributed by atoms with Crippen molar-refractivity contribution in [2.24, 2.45) is 10.7 Å². The molecule has 216 valence electrons. The molecule has 0 amide bonds. The minimum Gasteiger partial charge on any atom is -0.318 e. The lowest BCUT2D eigenvalue weighted by molar-refractivity contribution is 0.514. The molecule has 1 aliphatic heterocycles. The Labute approximate surface area is 256 Å². The number of aliphatic imine (C=N–C) groups is 1. The van der Waals surface area contributed by atoms with Gasteiger partial charge in [0.1, 0.15) is 17.5 Å². The van der Waals surface area contributed by atoms with Crippen LogP contribution in [0, 0.1) is 5.82 Å². The van der Waals surface area contributed by atoms with Gasteiger partial charge in [0.25, 0.3) is 0 Å². The second-order valence-electron chi connectivity index (χ2n) is 11.0. The summed E-state index contributed by atoms with van der Waals surface area (Å²) in [6.45, 7) is 2.03. The van der Waals surface area contributed by atoms with E-state index in [1.807, 2.05) is 61.8 Å². The van der Waals surface area contributed by atoms with Gasteiger partial charge in [0.2, 0.25) is 0 Å². The molecule has 0 bridgehead atoms. The third-order valence-electron chi connectivity index (χ3n) is 8.51. The molecule has 0 aliphatic carbocycles. The minimum absolute atomic E-state index is 0.275. The highest BCUT2D eigenvalue weighted by Gasteiger charge is 2.39. The maximum absolute atomic E-state index is 15.1. The molecule has 1 aromatic heterocycles. The van der Waals surface area contributed by atoms with Gasteiger partial charge in [-0.3, -0.25) is 4.99 Å².